The van der Waals surface area contributed by atoms with Crippen LogP contribution in [0.15, 0.2) is 55.0 Å². The number of para-hydroxylation sites is 1. The highest BCUT2D eigenvalue weighted by atomic mass is 16.6. The van der Waals surface area contributed by atoms with Gasteiger partial charge < -0.3 is 5.32 Å². The van der Waals surface area contributed by atoms with E-state index in [0.29, 0.717) is 11.5 Å². The summed E-state index contributed by atoms with van der Waals surface area (Å²) in [6.07, 6.45) is 4.94. The van der Waals surface area contributed by atoms with Crippen molar-refractivity contribution in [2.24, 2.45) is 0 Å². The van der Waals surface area contributed by atoms with E-state index in [0.717, 1.165) is 5.82 Å². The zero-order valence-corrected chi connectivity index (χ0v) is 12.7. The molecule has 8 heteroatoms. The Morgan fingerprint density at radius 2 is 2.00 bits per heavy atom. The smallest absolute Gasteiger partial charge is 0.282 e. The van der Waals surface area contributed by atoms with Gasteiger partial charge in [0.05, 0.1) is 16.8 Å². The van der Waals surface area contributed by atoms with Crippen LogP contribution in [-0.2, 0) is 0 Å². The third-order valence-electron chi connectivity index (χ3n) is 3.42. The average molecular weight is 323 g/mol. The number of rotatable bonds is 4. The van der Waals surface area contributed by atoms with Gasteiger partial charge in [0.15, 0.2) is 0 Å². The summed E-state index contributed by atoms with van der Waals surface area (Å²) in [6, 6.07) is 9.18. The first-order valence-electron chi connectivity index (χ1n) is 7.07. The number of nitrogens with one attached hydrogen (secondary N) is 1. The van der Waals surface area contributed by atoms with Gasteiger partial charge in [0.2, 0.25) is 0 Å². The highest BCUT2D eigenvalue weighted by molar-refractivity contribution is 6.06. The van der Waals surface area contributed by atoms with Crippen molar-refractivity contribution in [1.29, 1.82) is 0 Å². The molecule has 8 nitrogen and oxygen atoms in total. The number of imidazole rings is 1. The summed E-state index contributed by atoms with van der Waals surface area (Å²) in [5, 5.41) is 13.6. The average Bonchev–Trinajstić information content (AvgIpc) is 3.01. The monoisotopic (exact) mass is 323 g/mol. The van der Waals surface area contributed by atoms with Crippen LogP contribution in [0.4, 0.5) is 11.4 Å². The molecule has 1 amide bonds. The van der Waals surface area contributed by atoms with E-state index in [2.05, 4.69) is 15.3 Å². The van der Waals surface area contributed by atoms with Crippen LogP contribution < -0.4 is 5.32 Å². The van der Waals surface area contributed by atoms with Crippen LogP contribution in [0, 0.1) is 17.0 Å². The predicted octanol–water partition coefficient (Wildman–Crippen LogP) is 2.74. The summed E-state index contributed by atoms with van der Waals surface area (Å²) in [5.74, 6) is 0.892. The van der Waals surface area contributed by atoms with Crippen LogP contribution >= 0.6 is 0 Å². The largest absolute Gasteiger partial charge is 0.320 e. The molecular weight excluding hydrogens is 310 g/mol. The quantitative estimate of drug-likeness (QED) is 0.587. The Labute approximate surface area is 136 Å². The number of amides is 1. The summed E-state index contributed by atoms with van der Waals surface area (Å²) in [5.41, 5.74) is 0.199. The Balaban J connectivity index is 1.81. The van der Waals surface area contributed by atoms with Crippen LogP contribution in [0.25, 0.3) is 5.82 Å². The molecule has 0 aliphatic heterocycles. The summed E-state index contributed by atoms with van der Waals surface area (Å²) in [6.45, 7) is 1.85. The molecule has 2 heterocycles. The fraction of sp³-hybridized carbons (Fsp3) is 0.0625. The first kappa shape index (κ1) is 15.3. The summed E-state index contributed by atoms with van der Waals surface area (Å²) < 4.78 is 1.80. The minimum atomic E-state index is -0.585. The van der Waals surface area contributed by atoms with Crippen molar-refractivity contribution in [3.05, 3.63) is 76.5 Å². The molecular formula is C16H13N5O3. The van der Waals surface area contributed by atoms with E-state index in [1.54, 1.807) is 35.2 Å². The van der Waals surface area contributed by atoms with Gasteiger partial charge in [-0.3, -0.25) is 19.5 Å². The number of benzene rings is 1. The van der Waals surface area contributed by atoms with Gasteiger partial charge in [-0.05, 0) is 25.1 Å². The van der Waals surface area contributed by atoms with Crippen LogP contribution in [0.5, 0.6) is 0 Å². The number of nitro groups is 1. The number of nitrogens with zero attached hydrogens (tertiary/aromatic N) is 4. The molecule has 0 atom stereocenters. The van der Waals surface area contributed by atoms with Crippen molar-refractivity contribution in [3.63, 3.8) is 0 Å². The molecule has 3 aromatic rings. The second-order valence-electron chi connectivity index (χ2n) is 4.98. The van der Waals surface area contributed by atoms with Gasteiger partial charge in [0.1, 0.15) is 17.2 Å². The zero-order chi connectivity index (χ0) is 17.1. The lowest BCUT2D eigenvalue weighted by Crippen LogP contribution is -2.14. The van der Waals surface area contributed by atoms with Crippen LogP contribution in [-0.4, -0.2) is 25.4 Å². The Hall–Kier alpha value is -3.55. The van der Waals surface area contributed by atoms with E-state index < -0.39 is 10.8 Å². The molecule has 1 aromatic carbocycles. The Morgan fingerprint density at radius 1 is 1.21 bits per heavy atom. The maximum Gasteiger partial charge on any atom is 0.282 e. The molecule has 0 spiro atoms. The molecule has 0 saturated heterocycles. The van der Waals surface area contributed by atoms with Gasteiger partial charge >= 0.3 is 0 Å². The van der Waals surface area contributed by atoms with E-state index in [-0.39, 0.29) is 11.3 Å². The summed E-state index contributed by atoms with van der Waals surface area (Å²) in [4.78, 5) is 31.0. The predicted molar refractivity (Wildman–Crippen MR) is 87.1 cm³/mol. The molecule has 1 N–H and O–H groups in total. The van der Waals surface area contributed by atoms with Crippen molar-refractivity contribution in [3.8, 4) is 5.82 Å². The molecule has 3 rings (SSSR count). The first-order valence-corrected chi connectivity index (χ1v) is 7.07. The maximum absolute atomic E-state index is 12.2. The molecule has 0 bridgehead atoms. The van der Waals surface area contributed by atoms with Crippen molar-refractivity contribution in [1.82, 2.24) is 14.5 Å². The molecule has 24 heavy (non-hydrogen) atoms. The second-order valence-corrected chi connectivity index (χ2v) is 4.98. The van der Waals surface area contributed by atoms with Crippen molar-refractivity contribution >= 4 is 17.3 Å². The number of pyridine rings is 1. The Kier molecular flexibility index (Phi) is 4.02. The molecule has 120 valence electrons. The minimum Gasteiger partial charge on any atom is -0.320 e. The van der Waals surface area contributed by atoms with Gasteiger partial charge in [0.25, 0.3) is 11.6 Å². The van der Waals surface area contributed by atoms with E-state index in [1.807, 2.05) is 6.92 Å². The van der Waals surface area contributed by atoms with E-state index in [4.69, 9.17) is 0 Å². The lowest BCUT2D eigenvalue weighted by molar-refractivity contribution is -0.385. The lowest BCUT2D eigenvalue weighted by Gasteiger charge is -2.07. The van der Waals surface area contributed by atoms with E-state index in [9.17, 15) is 14.9 Å². The topological polar surface area (TPSA) is 103 Å². The molecule has 0 radical (unpaired) electrons. The standard InChI is InChI=1S/C16H13N5O3/c1-11-17-8-9-20(11)15-7-6-12(10-18-15)19-16(22)13-4-2-3-5-14(13)21(23)24/h2-10H,1H3,(H,19,22). The van der Waals surface area contributed by atoms with E-state index >= 15 is 0 Å². The van der Waals surface area contributed by atoms with Crippen molar-refractivity contribution in [2.45, 2.75) is 6.92 Å². The van der Waals surface area contributed by atoms with E-state index in [1.165, 1.54) is 24.4 Å². The molecule has 0 unspecified atom stereocenters. The number of aryl methyl sites for hydroxylation is 1. The Morgan fingerprint density at radius 3 is 2.62 bits per heavy atom. The molecule has 0 aliphatic carbocycles. The summed E-state index contributed by atoms with van der Waals surface area (Å²) >= 11 is 0. The fourth-order valence-corrected chi connectivity index (χ4v) is 2.25. The van der Waals surface area contributed by atoms with Gasteiger partial charge in [0, 0.05) is 18.5 Å². The maximum atomic E-state index is 12.2. The number of hydrogen-bond donors (Lipinski definition) is 1. The normalized spacial score (nSPS) is 10.4. The number of anilines is 1. The van der Waals surface area contributed by atoms with Crippen molar-refractivity contribution in [2.75, 3.05) is 5.32 Å². The molecule has 0 fully saturated rings. The second kappa shape index (κ2) is 6.29. The molecule has 2 aromatic heterocycles. The fourth-order valence-electron chi connectivity index (χ4n) is 2.25. The number of nitro benzene ring substituents is 1. The zero-order valence-electron chi connectivity index (χ0n) is 12.7. The van der Waals surface area contributed by atoms with Gasteiger partial charge in [-0.2, -0.15) is 0 Å². The van der Waals surface area contributed by atoms with Crippen molar-refractivity contribution < 1.29 is 9.72 Å². The van der Waals surface area contributed by atoms with Crippen LogP contribution in [0.2, 0.25) is 0 Å². The Bertz CT molecular complexity index is 902. The van der Waals surface area contributed by atoms with Gasteiger partial charge in [-0.25, -0.2) is 9.97 Å². The lowest BCUT2D eigenvalue weighted by atomic mass is 10.1. The number of hydrogen-bond acceptors (Lipinski definition) is 5. The number of aromatic nitrogens is 3. The van der Waals surface area contributed by atoms with Crippen LogP contribution in [0.3, 0.4) is 0 Å². The number of carbonyl (C=O) groups is 1. The van der Waals surface area contributed by atoms with Crippen LogP contribution in [0.1, 0.15) is 16.2 Å². The van der Waals surface area contributed by atoms with Gasteiger partial charge in [-0.1, -0.05) is 12.1 Å². The highest BCUT2D eigenvalue weighted by Crippen LogP contribution is 2.19. The molecule has 0 aliphatic rings. The third kappa shape index (κ3) is 2.98. The SMILES string of the molecule is Cc1nccn1-c1ccc(NC(=O)c2ccccc2[N+](=O)[O-])cn1. The van der Waals surface area contributed by atoms with Gasteiger partial charge in [-0.15, -0.1) is 0 Å². The third-order valence-corrected chi connectivity index (χ3v) is 3.42. The minimum absolute atomic E-state index is 0.00275. The molecule has 0 saturated carbocycles. The first-order chi connectivity index (χ1) is 11.6. The highest BCUT2D eigenvalue weighted by Gasteiger charge is 2.19. The summed E-state index contributed by atoms with van der Waals surface area (Å²) in [7, 11) is 0. The number of carbonyl (C=O) groups excluding carboxylic acids is 1.